The van der Waals surface area contributed by atoms with Gasteiger partial charge < -0.3 is 9.30 Å². The molecule has 146 valence electrons. The summed E-state index contributed by atoms with van der Waals surface area (Å²) >= 11 is 0. The second kappa shape index (κ2) is 7.96. The Hall–Kier alpha value is -2.61. The number of hydrogen-bond acceptors (Lipinski definition) is 5. The number of pyridine rings is 1. The van der Waals surface area contributed by atoms with Gasteiger partial charge in [0.05, 0.1) is 11.4 Å². The average molecular weight is 392 g/mol. The van der Waals surface area contributed by atoms with E-state index in [1.165, 1.54) is 10.6 Å². The first kappa shape index (κ1) is 20.7. The number of aryl methyl sites for hydroxylation is 1. The first-order valence-corrected chi connectivity index (χ1v) is 10.1. The molecule has 8 heteroatoms. The lowest BCUT2D eigenvalue weighted by Gasteiger charge is -2.20. The zero-order valence-corrected chi connectivity index (χ0v) is 16.7. The van der Waals surface area contributed by atoms with Gasteiger partial charge in [0.25, 0.3) is 5.56 Å². The second-order valence-corrected chi connectivity index (χ2v) is 8.97. The molecule has 0 saturated carbocycles. The van der Waals surface area contributed by atoms with Crippen molar-refractivity contribution in [1.82, 2.24) is 4.57 Å². The number of benzene rings is 1. The van der Waals surface area contributed by atoms with E-state index in [2.05, 4.69) is 4.72 Å². The van der Waals surface area contributed by atoms with Crippen LogP contribution in [-0.4, -0.2) is 24.6 Å². The monoisotopic (exact) mass is 392 g/mol. The van der Waals surface area contributed by atoms with Gasteiger partial charge in [0.15, 0.2) is 0 Å². The Kier molecular flexibility index (Phi) is 6.10. The van der Waals surface area contributed by atoms with Gasteiger partial charge in [0.2, 0.25) is 10.0 Å². The minimum absolute atomic E-state index is 0.161. The van der Waals surface area contributed by atoms with Crippen molar-refractivity contribution < 1.29 is 17.9 Å². The van der Waals surface area contributed by atoms with Gasteiger partial charge in [0.1, 0.15) is 12.1 Å². The smallest absolute Gasteiger partial charge is 0.326 e. The van der Waals surface area contributed by atoms with E-state index >= 15 is 0 Å². The summed E-state index contributed by atoms with van der Waals surface area (Å²) < 4.78 is 33.5. The number of sulfonamides is 1. The molecule has 1 N–H and O–H groups in total. The van der Waals surface area contributed by atoms with Crippen LogP contribution in [0.5, 0.6) is 0 Å². The summed E-state index contributed by atoms with van der Waals surface area (Å²) in [5.41, 5.74) is 0.111. The lowest BCUT2D eigenvalue weighted by molar-refractivity contribution is -0.155. The standard InChI is InChI=1S/C19H24N2O5S/c1-14-10-16(20-27(24,25)13-15-8-6-5-7-9-15)11-17(22)21(14)12-18(23)26-19(2,3)4/h5-11,20H,12-13H2,1-4H3. The number of nitrogens with one attached hydrogen (secondary N) is 1. The van der Waals surface area contributed by atoms with E-state index in [4.69, 9.17) is 4.74 Å². The summed E-state index contributed by atoms with van der Waals surface area (Å²) in [6.07, 6.45) is 0. The number of carbonyl (C=O) groups excluding carboxylic acids is 1. The van der Waals surface area contributed by atoms with E-state index in [1.807, 2.05) is 0 Å². The number of carbonyl (C=O) groups is 1. The van der Waals surface area contributed by atoms with Gasteiger partial charge >= 0.3 is 5.97 Å². The zero-order chi connectivity index (χ0) is 20.2. The lowest BCUT2D eigenvalue weighted by atomic mass is 10.2. The van der Waals surface area contributed by atoms with Gasteiger partial charge in [-0.3, -0.25) is 14.3 Å². The van der Waals surface area contributed by atoms with E-state index in [0.717, 1.165) is 6.07 Å². The summed E-state index contributed by atoms with van der Waals surface area (Å²) in [5.74, 6) is -0.737. The number of rotatable bonds is 6. The largest absolute Gasteiger partial charge is 0.459 e. The maximum atomic E-state index is 12.3. The summed E-state index contributed by atoms with van der Waals surface area (Å²) in [6, 6.07) is 11.4. The highest BCUT2D eigenvalue weighted by Gasteiger charge is 2.18. The minimum atomic E-state index is -3.67. The van der Waals surface area contributed by atoms with Crippen LogP contribution >= 0.6 is 0 Å². The summed E-state index contributed by atoms with van der Waals surface area (Å²) in [7, 11) is -3.67. The van der Waals surface area contributed by atoms with Crippen LogP contribution in [0.25, 0.3) is 0 Å². The fourth-order valence-electron chi connectivity index (χ4n) is 2.50. The van der Waals surface area contributed by atoms with Crippen LogP contribution in [0.15, 0.2) is 47.3 Å². The SMILES string of the molecule is Cc1cc(NS(=O)(=O)Cc2ccccc2)cc(=O)n1CC(=O)OC(C)(C)C. The first-order chi connectivity index (χ1) is 12.5. The van der Waals surface area contributed by atoms with Crippen LogP contribution in [0, 0.1) is 6.92 Å². The lowest BCUT2D eigenvalue weighted by Crippen LogP contribution is -2.31. The molecule has 0 fully saturated rings. The molecule has 1 aromatic heterocycles. The molecule has 2 rings (SSSR count). The Bertz CT molecular complexity index is 973. The topological polar surface area (TPSA) is 94.5 Å². The summed E-state index contributed by atoms with van der Waals surface area (Å²) in [6.45, 7) is 6.61. The van der Waals surface area contributed by atoms with Crippen molar-refractivity contribution in [2.75, 3.05) is 4.72 Å². The van der Waals surface area contributed by atoms with Gasteiger partial charge in [0, 0.05) is 11.8 Å². The van der Waals surface area contributed by atoms with Crippen molar-refractivity contribution in [3.8, 4) is 0 Å². The van der Waals surface area contributed by atoms with Crippen LogP contribution in [0.3, 0.4) is 0 Å². The maximum Gasteiger partial charge on any atom is 0.326 e. The molecule has 0 aliphatic rings. The fourth-order valence-corrected chi connectivity index (χ4v) is 3.68. The van der Waals surface area contributed by atoms with Gasteiger partial charge in [-0.05, 0) is 39.3 Å². The molecule has 2 aromatic rings. The Morgan fingerprint density at radius 1 is 1.15 bits per heavy atom. The van der Waals surface area contributed by atoms with E-state index in [-0.39, 0.29) is 18.0 Å². The molecule has 0 bridgehead atoms. The molecule has 0 atom stereocenters. The maximum absolute atomic E-state index is 12.3. The summed E-state index contributed by atoms with van der Waals surface area (Å²) in [4.78, 5) is 24.3. The van der Waals surface area contributed by atoms with E-state index < -0.39 is 27.2 Å². The quantitative estimate of drug-likeness (QED) is 0.762. The Labute approximate surface area is 159 Å². The van der Waals surface area contributed by atoms with Gasteiger partial charge in [-0.15, -0.1) is 0 Å². The van der Waals surface area contributed by atoms with Gasteiger partial charge in [-0.25, -0.2) is 8.42 Å². The highest BCUT2D eigenvalue weighted by molar-refractivity contribution is 7.91. The molecule has 7 nitrogen and oxygen atoms in total. The predicted molar refractivity (Wildman–Crippen MR) is 104 cm³/mol. The fraction of sp³-hybridized carbons (Fsp3) is 0.368. The summed E-state index contributed by atoms with van der Waals surface area (Å²) in [5, 5.41) is 0. The number of esters is 1. The Morgan fingerprint density at radius 3 is 2.33 bits per heavy atom. The molecular weight excluding hydrogens is 368 g/mol. The van der Waals surface area contributed by atoms with E-state index in [1.54, 1.807) is 58.0 Å². The van der Waals surface area contributed by atoms with Crippen LogP contribution in [0.4, 0.5) is 5.69 Å². The highest BCUT2D eigenvalue weighted by atomic mass is 32.2. The average Bonchev–Trinajstić information content (AvgIpc) is 2.49. The molecule has 0 aliphatic carbocycles. The number of aromatic nitrogens is 1. The Balaban J connectivity index is 2.16. The van der Waals surface area contributed by atoms with Crippen LogP contribution in [-0.2, 0) is 31.9 Å². The third-order valence-electron chi connectivity index (χ3n) is 3.52. The number of ether oxygens (including phenoxy) is 1. The third-order valence-corrected chi connectivity index (χ3v) is 4.78. The van der Waals surface area contributed by atoms with Crippen LogP contribution in [0.2, 0.25) is 0 Å². The first-order valence-electron chi connectivity index (χ1n) is 8.43. The van der Waals surface area contributed by atoms with Gasteiger partial charge in [-0.1, -0.05) is 30.3 Å². The zero-order valence-electron chi connectivity index (χ0n) is 15.9. The molecule has 0 unspecified atom stereocenters. The second-order valence-electron chi connectivity index (χ2n) is 7.24. The van der Waals surface area contributed by atoms with Crippen LogP contribution < -0.4 is 10.3 Å². The number of nitrogens with zero attached hydrogens (tertiary/aromatic N) is 1. The highest BCUT2D eigenvalue weighted by Crippen LogP contribution is 2.14. The molecule has 27 heavy (non-hydrogen) atoms. The molecule has 0 saturated heterocycles. The van der Waals surface area contributed by atoms with E-state index in [9.17, 15) is 18.0 Å². The molecule has 0 aliphatic heterocycles. The van der Waals surface area contributed by atoms with Crippen molar-refractivity contribution >= 4 is 21.7 Å². The number of anilines is 1. The van der Waals surface area contributed by atoms with Gasteiger partial charge in [-0.2, -0.15) is 0 Å². The van der Waals surface area contributed by atoms with E-state index in [0.29, 0.717) is 11.3 Å². The minimum Gasteiger partial charge on any atom is -0.459 e. The van der Waals surface area contributed by atoms with Crippen LogP contribution in [0.1, 0.15) is 32.0 Å². The molecule has 1 aromatic carbocycles. The molecule has 0 spiro atoms. The molecule has 0 radical (unpaired) electrons. The van der Waals surface area contributed by atoms with Crippen molar-refractivity contribution in [3.63, 3.8) is 0 Å². The van der Waals surface area contributed by atoms with Crippen molar-refractivity contribution in [1.29, 1.82) is 0 Å². The van der Waals surface area contributed by atoms with Crippen molar-refractivity contribution in [2.45, 2.75) is 45.6 Å². The number of hydrogen-bond donors (Lipinski definition) is 1. The molecule has 1 heterocycles. The van der Waals surface area contributed by atoms with Crippen molar-refractivity contribution in [2.24, 2.45) is 0 Å². The van der Waals surface area contributed by atoms with Crippen molar-refractivity contribution in [3.05, 3.63) is 64.1 Å². The normalized spacial score (nSPS) is 11.9. The molecular formula is C19H24N2O5S. The Morgan fingerprint density at radius 2 is 1.78 bits per heavy atom. The molecule has 0 amide bonds. The predicted octanol–water partition coefficient (Wildman–Crippen LogP) is 2.44. The third kappa shape index (κ3) is 6.56.